The third-order valence-electron chi connectivity index (χ3n) is 2.96. The molecule has 1 fully saturated rings. The largest absolute Gasteiger partial charge is 0.492 e. The van der Waals surface area contributed by atoms with Crippen LogP contribution in [0.5, 0.6) is 5.75 Å². The maximum Gasteiger partial charge on any atom is 0.138 e. The van der Waals surface area contributed by atoms with Gasteiger partial charge in [-0.05, 0) is 44.0 Å². The SMILES string of the molecule is Cc1ccc(Cl)c(OC[C@H]2CCCNC2)c1. The van der Waals surface area contributed by atoms with Crippen molar-refractivity contribution >= 4 is 11.6 Å². The van der Waals surface area contributed by atoms with Gasteiger partial charge in [0.25, 0.3) is 0 Å². The minimum Gasteiger partial charge on any atom is -0.492 e. The van der Waals surface area contributed by atoms with Crippen LogP contribution in [0.25, 0.3) is 0 Å². The molecule has 2 rings (SSSR count). The molecular weight excluding hydrogens is 222 g/mol. The van der Waals surface area contributed by atoms with Crippen molar-refractivity contribution < 1.29 is 4.74 Å². The molecule has 0 unspecified atom stereocenters. The van der Waals surface area contributed by atoms with Gasteiger partial charge < -0.3 is 10.1 Å². The molecule has 0 aliphatic carbocycles. The maximum atomic E-state index is 6.07. The van der Waals surface area contributed by atoms with E-state index in [0.29, 0.717) is 10.9 Å². The van der Waals surface area contributed by atoms with Crippen LogP contribution in [-0.4, -0.2) is 19.7 Å². The first kappa shape index (κ1) is 11.7. The minimum atomic E-state index is 0.616. The quantitative estimate of drug-likeness (QED) is 0.876. The fourth-order valence-electron chi connectivity index (χ4n) is 2.00. The van der Waals surface area contributed by atoms with Crippen LogP contribution in [-0.2, 0) is 0 Å². The molecule has 0 radical (unpaired) electrons. The van der Waals surface area contributed by atoms with Gasteiger partial charge in [-0.15, -0.1) is 0 Å². The fourth-order valence-corrected chi connectivity index (χ4v) is 2.17. The van der Waals surface area contributed by atoms with Crippen molar-refractivity contribution in [3.8, 4) is 5.75 Å². The van der Waals surface area contributed by atoms with Crippen LogP contribution in [0.3, 0.4) is 0 Å². The van der Waals surface area contributed by atoms with E-state index in [2.05, 4.69) is 5.32 Å². The van der Waals surface area contributed by atoms with E-state index in [-0.39, 0.29) is 0 Å². The molecule has 1 aliphatic rings. The van der Waals surface area contributed by atoms with Crippen LogP contribution in [0.1, 0.15) is 18.4 Å². The normalized spacial score (nSPS) is 20.8. The van der Waals surface area contributed by atoms with E-state index < -0.39 is 0 Å². The topological polar surface area (TPSA) is 21.3 Å². The molecule has 0 saturated carbocycles. The van der Waals surface area contributed by atoms with Crippen molar-refractivity contribution in [3.63, 3.8) is 0 Å². The number of hydrogen-bond acceptors (Lipinski definition) is 2. The van der Waals surface area contributed by atoms with Crippen LogP contribution in [0.15, 0.2) is 18.2 Å². The lowest BCUT2D eigenvalue weighted by molar-refractivity contribution is 0.218. The Balaban J connectivity index is 1.90. The average Bonchev–Trinajstić information content (AvgIpc) is 2.32. The molecule has 1 atom stereocenters. The second-order valence-electron chi connectivity index (χ2n) is 4.46. The van der Waals surface area contributed by atoms with Crippen molar-refractivity contribution in [3.05, 3.63) is 28.8 Å². The summed E-state index contributed by atoms with van der Waals surface area (Å²) in [4.78, 5) is 0. The second-order valence-corrected chi connectivity index (χ2v) is 4.86. The fraction of sp³-hybridized carbons (Fsp3) is 0.538. The Morgan fingerprint density at radius 1 is 1.50 bits per heavy atom. The van der Waals surface area contributed by atoms with Gasteiger partial charge in [-0.25, -0.2) is 0 Å². The first-order valence-corrected chi connectivity index (χ1v) is 6.23. The van der Waals surface area contributed by atoms with Gasteiger partial charge in [-0.2, -0.15) is 0 Å². The number of halogens is 1. The number of ether oxygens (including phenoxy) is 1. The van der Waals surface area contributed by atoms with Gasteiger partial charge >= 0.3 is 0 Å². The van der Waals surface area contributed by atoms with E-state index in [1.165, 1.54) is 18.4 Å². The van der Waals surface area contributed by atoms with Gasteiger partial charge in [0.2, 0.25) is 0 Å². The summed E-state index contributed by atoms with van der Waals surface area (Å²) in [5, 5.41) is 4.09. The minimum absolute atomic E-state index is 0.616. The molecule has 3 heteroatoms. The molecule has 1 aliphatic heterocycles. The highest BCUT2D eigenvalue weighted by Crippen LogP contribution is 2.26. The lowest BCUT2D eigenvalue weighted by Crippen LogP contribution is -2.33. The Morgan fingerprint density at radius 2 is 2.38 bits per heavy atom. The predicted octanol–water partition coefficient (Wildman–Crippen LogP) is 3.03. The predicted molar refractivity (Wildman–Crippen MR) is 67.3 cm³/mol. The van der Waals surface area contributed by atoms with E-state index in [4.69, 9.17) is 16.3 Å². The van der Waals surface area contributed by atoms with Gasteiger partial charge in [-0.3, -0.25) is 0 Å². The first-order chi connectivity index (χ1) is 7.75. The van der Waals surface area contributed by atoms with Crippen molar-refractivity contribution in [2.45, 2.75) is 19.8 Å². The molecule has 0 spiro atoms. The van der Waals surface area contributed by atoms with Crippen molar-refractivity contribution in [1.82, 2.24) is 5.32 Å². The van der Waals surface area contributed by atoms with Gasteiger partial charge in [0.1, 0.15) is 5.75 Å². The molecule has 88 valence electrons. The Morgan fingerprint density at radius 3 is 3.12 bits per heavy atom. The zero-order chi connectivity index (χ0) is 11.4. The molecule has 1 saturated heterocycles. The van der Waals surface area contributed by atoms with Gasteiger partial charge in [-0.1, -0.05) is 17.7 Å². The summed E-state index contributed by atoms with van der Waals surface area (Å²) in [6.07, 6.45) is 2.49. The molecule has 1 aromatic carbocycles. The van der Waals surface area contributed by atoms with Crippen molar-refractivity contribution in [2.24, 2.45) is 5.92 Å². The van der Waals surface area contributed by atoms with E-state index in [0.717, 1.165) is 25.4 Å². The Kier molecular flexibility index (Phi) is 4.08. The van der Waals surface area contributed by atoms with Gasteiger partial charge in [0, 0.05) is 12.5 Å². The van der Waals surface area contributed by atoms with Crippen LogP contribution >= 0.6 is 11.6 Å². The molecule has 1 heterocycles. The molecule has 1 N–H and O–H groups in total. The standard InChI is InChI=1S/C13H18ClNO/c1-10-4-5-12(14)13(7-10)16-9-11-3-2-6-15-8-11/h4-5,7,11,15H,2-3,6,8-9H2,1H3/t11-/m0/s1. The summed E-state index contributed by atoms with van der Waals surface area (Å²) in [6.45, 7) is 5.01. The second kappa shape index (κ2) is 5.55. The summed E-state index contributed by atoms with van der Waals surface area (Å²) in [7, 11) is 0. The van der Waals surface area contributed by atoms with Crippen LogP contribution < -0.4 is 10.1 Å². The molecule has 0 amide bonds. The summed E-state index contributed by atoms with van der Waals surface area (Å²) >= 11 is 6.07. The molecular formula is C13H18ClNO. The summed E-state index contributed by atoms with van der Waals surface area (Å²) in [5.74, 6) is 1.43. The zero-order valence-electron chi connectivity index (χ0n) is 9.63. The monoisotopic (exact) mass is 239 g/mol. The van der Waals surface area contributed by atoms with Crippen molar-refractivity contribution in [2.75, 3.05) is 19.7 Å². The number of rotatable bonds is 3. The lowest BCUT2D eigenvalue weighted by atomic mass is 10.0. The van der Waals surface area contributed by atoms with E-state index in [9.17, 15) is 0 Å². The summed E-state index contributed by atoms with van der Waals surface area (Å²) in [5.41, 5.74) is 1.18. The Hall–Kier alpha value is -0.730. The van der Waals surface area contributed by atoms with Crippen LogP contribution in [0.2, 0.25) is 5.02 Å². The zero-order valence-corrected chi connectivity index (χ0v) is 10.4. The summed E-state index contributed by atoms with van der Waals surface area (Å²) < 4.78 is 5.79. The van der Waals surface area contributed by atoms with E-state index in [1.807, 2.05) is 25.1 Å². The highest BCUT2D eigenvalue weighted by atomic mass is 35.5. The lowest BCUT2D eigenvalue weighted by Gasteiger charge is -2.23. The highest BCUT2D eigenvalue weighted by molar-refractivity contribution is 6.32. The Labute approximate surface area is 102 Å². The van der Waals surface area contributed by atoms with Crippen LogP contribution in [0.4, 0.5) is 0 Å². The number of nitrogens with one attached hydrogen (secondary N) is 1. The number of piperidine rings is 1. The highest BCUT2D eigenvalue weighted by Gasteiger charge is 2.14. The Bertz CT molecular complexity index is 348. The number of aryl methyl sites for hydroxylation is 1. The third kappa shape index (κ3) is 3.13. The third-order valence-corrected chi connectivity index (χ3v) is 3.27. The molecule has 1 aromatic rings. The van der Waals surface area contributed by atoms with E-state index in [1.54, 1.807) is 0 Å². The maximum absolute atomic E-state index is 6.07. The molecule has 0 bridgehead atoms. The summed E-state index contributed by atoms with van der Waals surface area (Å²) in [6, 6.07) is 5.89. The smallest absolute Gasteiger partial charge is 0.138 e. The van der Waals surface area contributed by atoms with Gasteiger partial charge in [0.05, 0.1) is 11.6 Å². The first-order valence-electron chi connectivity index (χ1n) is 5.85. The van der Waals surface area contributed by atoms with Gasteiger partial charge in [0.15, 0.2) is 0 Å². The number of hydrogen-bond donors (Lipinski definition) is 1. The number of benzene rings is 1. The van der Waals surface area contributed by atoms with E-state index >= 15 is 0 Å². The molecule has 2 nitrogen and oxygen atoms in total. The van der Waals surface area contributed by atoms with Crippen molar-refractivity contribution in [1.29, 1.82) is 0 Å². The molecule has 0 aromatic heterocycles. The molecule has 16 heavy (non-hydrogen) atoms. The average molecular weight is 240 g/mol. The van der Waals surface area contributed by atoms with Crippen LogP contribution in [0, 0.1) is 12.8 Å².